The maximum absolute atomic E-state index is 12.5. The number of methoxy groups -OCH3 is 1. The second-order valence-corrected chi connectivity index (χ2v) is 8.39. The Labute approximate surface area is 177 Å². The average molecular weight is 431 g/mol. The highest BCUT2D eigenvalue weighted by molar-refractivity contribution is 7.16. The van der Waals surface area contributed by atoms with Gasteiger partial charge < -0.3 is 14.8 Å². The van der Waals surface area contributed by atoms with Crippen LogP contribution in [0.2, 0.25) is 0 Å². The summed E-state index contributed by atoms with van der Waals surface area (Å²) in [6.45, 7) is 6.32. The third kappa shape index (κ3) is 4.83. The lowest BCUT2D eigenvalue weighted by Crippen LogP contribution is -2.16. The molecular formula is C21H22N2O4S2. The maximum Gasteiger partial charge on any atom is 0.341 e. The van der Waals surface area contributed by atoms with E-state index in [2.05, 4.69) is 10.3 Å². The highest BCUT2D eigenvalue weighted by Gasteiger charge is 2.22. The number of rotatable bonds is 7. The molecule has 0 aliphatic carbocycles. The first-order valence-electron chi connectivity index (χ1n) is 9.08. The summed E-state index contributed by atoms with van der Waals surface area (Å²) in [6.07, 6.45) is 0.129. The Morgan fingerprint density at radius 3 is 2.55 bits per heavy atom. The molecule has 0 fully saturated rings. The molecule has 3 rings (SSSR count). The summed E-state index contributed by atoms with van der Waals surface area (Å²) in [6, 6.07) is 7.71. The molecule has 0 unspecified atom stereocenters. The fraction of sp³-hybridized carbons (Fsp3) is 0.286. The SMILES string of the molecule is CCOc1ccc(-c2nc(CC(=O)Nc3sc(C)c(C)c3C(=O)OC)cs2)cc1. The monoisotopic (exact) mass is 430 g/mol. The van der Waals surface area contributed by atoms with E-state index < -0.39 is 5.97 Å². The normalized spacial score (nSPS) is 10.6. The second kappa shape index (κ2) is 9.19. The van der Waals surface area contributed by atoms with Crippen molar-refractivity contribution in [2.24, 2.45) is 0 Å². The van der Waals surface area contributed by atoms with E-state index in [1.54, 1.807) is 0 Å². The number of nitrogens with one attached hydrogen (secondary N) is 1. The number of amides is 1. The summed E-state index contributed by atoms with van der Waals surface area (Å²) < 4.78 is 10.3. The largest absolute Gasteiger partial charge is 0.494 e. The van der Waals surface area contributed by atoms with E-state index in [4.69, 9.17) is 9.47 Å². The summed E-state index contributed by atoms with van der Waals surface area (Å²) in [4.78, 5) is 30.1. The third-order valence-electron chi connectivity index (χ3n) is 4.33. The number of hydrogen-bond donors (Lipinski definition) is 1. The Balaban J connectivity index is 1.70. The van der Waals surface area contributed by atoms with Gasteiger partial charge in [-0.1, -0.05) is 0 Å². The number of anilines is 1. The lowest BCUT2D eigenvalue weighted by atomic mass is 10.1. The van der Waals surface area contributed by atoms with Crippen LogP contribution in [0.1, 0.15) is 33.4 Å². The summed E-state index contributed by atoms with van der Waals surface area (Å²) in [5.41, 5.74) is 2.89. The van der Waals surface area contributed by atoms with Crippen molar-refractivity contribution in [2.45, 2.75) is 27.2 Å². The number of thiophene rings is 1. The van der Waals surface area contributed by atoms with E-state index in [0.29, 0.717) is 22.9 Å². The number of ether oxygens (including phenoxy) is 2. The van der Waals surface area contributed by atoms with Crippen LogP contribution >= 0.6 is 22.7 Å². The van der Waals surface area contributed by atoms with Crippen LogP contribution in [0.25, 0.3) is 10.6 Å². The molecule has 0 aliphatic heterocycles. The highest BCUT2D eigenvalue weighted by Crippen LogP contribution is 2.33. The molecule has 6 nitrogen and oxygen atoms in total. The van der Waals surface area contributed by atoms with Crippen molar-refractivity contribution in [2.75, 3.05) is 19.0 Å². The van der Waals surface area contributed by atoms with Crippen molar-refractivity contribution < 1.29 is 19.1 Å². The van der Waals surface area contributed by atoms with Crippen LogP contribution in [-0.4, -0.2) is 30.6 Å². The first kappa shape index (κ1) is 21.0. The molecule has 0 radical (unpaired) electrons. The minimum atomic E-state index is -0.450. The van der Waals surface area contributed by atoms with Gasteiger partial charge >= 0.3 is 5.97 Å². The second-order valence-electron chi connectivity index (χ2n) is 6.31. The van der Waals surface area contributed by atoms with Crippen molar-refractivity contribution in [3.63, 3.8) is 0 Å². The van der Waals surface area contributed by atoms with Crippen LogP contribution in [0.4, 0.5) is 5.00 Å². The molecule has 152 valence electrons. The Morgan fingerprint density at radius 2 is 1.90 bits per heavy atom. The number of aromatic nitrogens is 1. The molecule has 1 amide bonds. The number of thiazole rings is 1. The van der Waals surface area contributed by atoms with Gasteiger partial charge in [0.2, 0.25) is 5.91 Å². The zero-order valence-electron chi connectivity index (χ0n) is 16.7. The molecule has 0 spiro atoms. The van der Waals surface area contributed by atoms with E-state index in [9.17, 15) is 9.59 Å². The molecule has 0 saturated carbocycles. The van der Waals surface area contributed by atoms with Gasteiger partial charge in [-0.3, -0.25) is 4.79 Å². The predicted molar refractivity (Wildman–Crippen MR) is 116 cm³/mol. The van der Waals surface area contributed by atoms with E-state index in [1.165, 1.54) is 29.8 Å². The summed E-state index contributed by atoms with van der Waals surface area (Å²) in [5.74, 6) is 0.142. The summed E-state index contributed by atoms with van der Waals surface area (Å²) in [7, 11) is 1.33. The molecule has 1 aromatic carbocycles. The molecule has 2 aromatic heterocycles. The van der Waals surface area contributed by atoms with E-state index in [1.807, 2.05) is 50.4 Å². The molecule has 2 heterocycles. The van der Waals surface area contributed by atoms with Gasteiger partial charge in [0.1, 0.15) is 15.8 Å². The number of aryl methyl sites for hydroxylation is 1. The molecule has 1 N–H and O–H groups in total. The fourth-order valence-electron chi connectivity index (χ4n) is 2.78. The van der Waals surface area contributed by atoms with Gasteiger partial charge in [0.25, 0.3) is 0 Å². The van der Waals surface area contributed by atoms with Crippen LogP contribution in [0.3, 0.4) is 0 Å². The van der Waals surface area contributed by atoms with E-state index >= 15 is 0 Å². The van der Waals surface area contributed by atoms with Crippen LogP contribution in [0, 0.1) is 13.8 Å². The van der Waals surface area contributed by atoms with Crippen LogP contribution in [-0.2, 0) is 16.0 Å². The quantitative estimate of drug-likeness (QED) is 0.542. The Kier molecular flexibility index (Phi) is 6.66. The number of nitrogens with zero attached hydrogens (tertiary/aromatic N) is 1. The van der Waals surface area contributed by atoms with Gasteiger partial charge in [-0.25, -0.2) is 9.78 Å². The minimum absolute atomic E-state index is 0.129. The minimum Gasteiger partial charge on any atom is -0.494 e. The molecule has 29 heavy (non-hydrogen) atoms. The maximum atomic E-state index is 12.5. The van der Waals surface area contributed by atoms with Crippen molar-refractivity contribution in [3.05, 3.63) is 51.3 Å². The van der Waals surface area contributed by atoms with Crippen LogP contribution in [0.15, 0.2) is 29.6 Å². The predicted octanol–water partition coefficient (Wildman–Crippen LogP) is 4.85. The molecular weight excluding hydrogens is 408 g/mol. The molecule has 0 aliphatic rings. The average Bonchev–Trinajstić information content (AvgIpc) is 3.27. The third-order valence-corrected chi connectivity index (χ3v) is 6.40. The number of hydrogen-bond acceptors (Lipinski definition) is 7. The topological polar surface area (TPSA) is 77.5 Å². The lowest BCUT2D eigenvalue weighted by molar-refractivity contribution is -0.115. The zero-order valence-corrected chi connectivity index (χ0v) is 18.3. The summed E-state index contributed by atoms with van der Waals surface area (Å²) in [5, 5.41) is 6.06. The number of benzene rings is 1. The molecule has 0 bridgehead atoms. The first-order chi connectivity index (χ1) is 13.9. The Hall–Kier alpha value is -2.71. The van der Waals surface area contributed by atoms with E-state index in [-0.39, 0.29) is 12.3 Å². The van der Waals surface area contributed by atoms with Crippen molar-refractivity contribution in [1.29, 1.82) is 0 Å². The standard InChI is InChI=1S/C21H22N2O4S2/c1-5-27-16-8-6-14(7-9-16)19-22-15(11-28-19)10-17(24)23-20-18(21(25)26-4)12(2)13(3)29-20/h6-9,11H,5,10H2,1-4H3,(H,23,24). The van der Waals surface area contributed by atoms with Gasteiger partial charge in [-0.15, -0.1) is 22.7 Å². The van der Waals surface area contributed by atoms with Gasteiger partial charge in [-0.2, -0.15) is 0 Å². The van der Waals surface area contributed by atoms with Crippen molar-refractivity contribution in [1.82, 2.24) is 4.98 Å². The Morgan fingerprint density at radius 1 is 1.17 bits per heavy atom. The van der Waals surface area contributed by atoms with Crippen LogP contribution in [0.5, 0.6) is 5.75 Å². The van der Waals surface area contributed by atoms with Gasteiger partial charge in [-0.05, 0) is 50.6 Å². The zero-order chi connectivity index (χ0) is 21.0. The molecule has 0 atom stereocenters. The van der Waals surface area contributed by atoms with Crippen molar-refractivity contribution >= 4 is 39.6 Å². The number of esters is 1. The van der Waals surface area contributed by atoms with Gasteiger partial charge in [0.05, 0.1) is 31.4 Å². The molecule has 3 aromatic rings. The lowest BCUT2D eigenvalue weighted by Gasteiger charge is -2.05. The summed E-state index contributed by atoms with van der Waals surface area (Å²) >= 11 is 2.85. The molecule has 8 heteroatoms. The van der Waals surface area contributed by atoms with Gasteiger partial charge in [0.15, 0.2) is 0 Å². The fourth-order valence-corrected chi connectivity index (χ4v) is 4.67. The van der Waals surface area contributed by atoms with Crippen molar-refractivity contribution in [3.8, 4) is 16.3 Å². The Bertz CT molecular complexity index is 1020. The molecule has 0 saturated heterocycles. The smallest absolute Gasteiger partial charge is 0.341 e. The first-order valence-corrected chi connectivity index (χ1v) is 10.8. The van der Waals surface area contributed by atoms with Gasteiger partial charge in [0, 0.05) is 15.8 Å². The number of carbonyl (C=O) groups is 2. The highest BCUT2D eigenvalue weighted by atomic mass is 32.1. The number of carbonyl (C=O) groups excluding carboxylic acids is 2. The van der Waals surface area contributed by atoms with Crippen LogP contribution < -0.4 is 10.1 Å². The van der Waals surface area contributed by atoms with E-state index in [0.717, 1.165) is 26.8 Å².